The van der Waals surface area contributed by atoms with Gasteiger partial charge in [-0.3, -0.25) is 19.2 Å². The maximum Gasteiger partial charge on any atom is 2.00 e. The number of carbonyl (C=O) groups excluding carboxylic acids is 5. The van der Waals surface area contributed by atoms with E-state index in [1.807, 2.05) is 12.1 Å². The number of fused-ring (bicyclic) bond motifs is 3. The molecule has 3 aromatic carbocycles. The van der Waals surface area contributed by atoms with Crippen molar-refractivity contribution in [2.45, 2.75) is 57.6 Å². The third kappa shape index (κ3) is 15.6. The molecule has 6 aromatic rings. The van der Waals surface area contributed by atoms with Crippen LogP contribution < -0.4 is 32.3 Å². The van der Waals surface area contributed by atoms with Crippen LogP contribution in [-0.2, 0) is 48.2 Å². The molecular formula is C37H39N7O12S3Zn. The maximum atomic E-state index is 11.5. The van der Waals surface area contributed by atoms with Gasteiger partial charge in [-0.15, -0.1) is 0 Å². The molecule has 3 heterocycles. The summed E-state index contributed by atoms with van der Waals surface area (Å²) in [7, 11) is 2.91. The fourth-order valence-corrected chi connectivity index (χ4v) is 7.17. The molecule has 3 aromatic heterocycles. The first-order chi connectivity index (χ1) is 27.8. The van der Waals surface area contributed by atoms with E-state index >= 15 is 0 Å². The molecular weight excluding hydrogens is 896 g/mol. The number of hydrogen-bond donors (Lipinski definition) is 5. The predicted octanol–water partition coefficient (Wildman–Crippen LogP) is 2.41. The predicted molar refractivity (Wildman–Crippen MR) is 214 cm³/mol. The topological polar surface area (TPSA) is 318 Å². The van der Waals surface area contributed by atoms with E-state index in [4.69, 9.17) is 18.4 Å². The molecule has 0 fully saturated rings. The van der Waals surface area contributed by atoms with Crippen LogP contribution in [-0.4, -0.2) is 92.1 Å². The molecule has 0 saturated carbocycles. The van der Waals surface area contributed by atoms with Gasteiger partial charge in [-0.2, -0.15) is 0 Å². The van der Waals surface area contributed by atoms with Crippen molar-refractivity contribution < 1.29 is 76.8 Å². The molecule has 0 aliphatic carbocycles. The van der Waals surface area contributed by atoms with Gasteiger partial charge in [-0.1, -0.05) is 71.7 Å². The Bertz CT molecular complexity index is 2170. The first-order valence-electron chi connectivity index (χ1n) is 17.2. The SMILES string of the molecule is CCNC(=O)CC(Sc1nc2ccccc2o1)C(=O)[O-].CNC(=O)CC(Sc1nc2ccccc2o1)C(=O)O.CNC(=O)CC(Sc1nc2ccccc2o1)C(=O)[O-].N.[Zn+2]. The quantitative estimate of drug-likeness (QED) is 0.0687. The average Bonchev–Trinajstić information content (AvgIpc) is 3.93. The Hall–Kier alpha value is -5.48. The van der Waals surface area contributed by atoms with E-state index in [1.165, 1.54) is 14.1 Å². The van der Waals surface area contributed by atoms with E-state index in [2.05, 4.69) is 30.9 Å². The summed E-state index contributed by atoms with van der Waals surface area (Å²) in [6, 6.07) is 21.4. The standard InChI is InChI=1S/C13H14N2O4S.2C12H12N2O4S.H3N.Zn/c1-2-14-11(16)7-10(12(17)18)20-13-15-8-5-3-4-6-9(8)19-13;2*1-13-10(15)6-9(11(16)17)19-12-14-7-4-2-3-5-8(7)18-12;;/h3-6,10H,2,7H2,1H3,(H,14,16)(H,17,18);2*2-5,9H,6H2,1H3,(H,13,15)(H,16,17);1H3;/q;;;;+2/p-2. The van der Waals surface area contributed by atoms with Gasteiger partial charge in [0.05, 0.1) is 22.4 Å². The third-order valence-corrected chi connectivity index (χ3v) is 10.5. The number of benzene rings is 3. The molecule has 0 bridgehead atoms. The molecule has 60 heavy (non-hydrogen) atoms. The van der Waals surface area contributed by atoms with Crippen molar-refractivity contribution >= 4 is 104 Å². The monoisotopic (exact) mass is 933 g/mol. The Morgan fingerprint density at radius 1 is 0.600 bits per heavy atom. The number of hydrogen-bond acceptors (Lipinski definition) is 18. The van der Waals surface area contributed by atoms with E-state index in [1.54, 1.807) is 67.6 Å². The molecule has 7 N–H and O–H groups in total. The van der Waals surface area contributed by atoms with Crippen LogP contribution in [0.15, 0.2) is 102 Å². The Kier molecular flexibility index (Phi) is 21.3. The van der Waals surface area contributed by atoms with Crippen molar-refractivity contribution in [3.8, 4) is 0 Å². The summed E-state index contributed by atoms with van der Waals surface area (Å²) >= 11 is 2.67. The number of carbonyl (C=O) groups is 6. The first-order valence-corrected chi connectivity index (χ1v) is 19.8. The number of carboxylic acids is 3. The number of thioether (sulfide) groups is 3. The van der Waals surface area contributed by atoms with Crippen LogP contribution >= 0.6 is 35.3 Å². The molecule has 3 amide bonds. The van der Waals surface area contributed by atoms with Gasteiger partial charge in [0.2, 0.25) is 17.7 Å². The van der Waals surface area contributed by atoms with Gasteiger partial charge in [0, 0.05) is 39.9 Å². The number of rotatable bonds is 16. The number of oxazole rings is 3. The zero-order chi connectivity index (χ0) is 42.2. The summed E-state index contributed by atoms with van der Waals surface area (Å²) in [6.45, 7) is 2.21. The van der Waals surface area contributed by atoms with E-state index in [-0.39, 0.29) is 78.3 Å². The van der Waals surface area contributed by atoms with Crippen LogP contribution in [0.5, 0.6) is 0 Å². The van der Waals surface area contributed by atoms with E-state index in [9.17, 15) is 39.0 Å². The van der Waals surface area contributed by atoms with Gasteiger partial charge in [-0.25, -0.2) is 15.0 Å². The second-order valence-electron chi connectivity index (χ2n) is 11.6. The van der Waals surface area contributed by atoms with Crippen LogP contribution in [0, 0.1) is 0 Å². The molecule has 0 aliphatic heterocycles. The van der Waals surface area contributed by atoms with Gasteiger partial charge >= 0.3 is 25.4 Å². The third-order valence-electron chi connectivity index (χ3n) is 7.40. The summed E-state index contributed by atoms with van der Waals surface area (Å²) in [5.74, 6) is -4.77. The van der Waals surface area contributed by atoms with E-state index < -0.39 is 33.7 Å². The second-order valence-corrected chi connectivity index (χ2v) is 15.0. The molecule has 0 radical (unpaired) electrons. The number of nitrogens with zero attached hydrogens (tertiary/aromatic N) is 3. The first kappa shape index (κ1) is 50.7. The Labute approximate surface area is 367 Å². The summed E-state index contributed by atoms with van der Waals surface area (Å²) in [5, 5.41) is 36.1. The minimum absolute atomic E-state index is 0. The molecule has 0 spiro atoms. The van der Waals surface area contributed by atoms with Gasteiger partial charge < -0.3 is 60.3 Å². The maximum absolute atomic E-state index is 11.5. The van der Waals surface area contributed by atoms with Crippen molar-refractivity contribution in [1.82, 2.24) is 37.1 Å². The van der Waals surface area contributed by atoms with Gasteiger partial charge in [0.15, 0.2) is 16.7 Å². The zero-order valence-corrected chi connectivity index (χ0v) is 37.8. The van der Waals surface area contributed by atoms with Crippen LogP contribution in [0.2, 0.25) is 0 Å². The van der Waals surface area contributed by atoms with Crippen molar-refractivity contribution in [2.24, 2.45) is 0 Å². The Balaban J connectivity index is 0.000000305. The minimum Gasteiger partial charge on any atom is -0.549 e. The largest absolute Gasteiger partial charge is 2.00 e. The molecule has 3 atom stereocenters. The summed E-state index contributed by atoms with van der Waals surface area (Å²) < 4.78 is 16.2. The van der Waals surface area contributed by atoms with Gasteiger partial charge in [0.25, 0.3) is 15.7 Å². The molecule has 23 heteroatoms. The number of aromatic nitrogens is 3. The summed E-state index contributed by atoms with van der Waals surface area (Å²) in [4.78, 5) is 79.6. The van der Waals surface area contributed by atoms with E-state index in [0.29, 0.717) is 39.8 Å². The van der Waals surface area contributed by atoms with Crippen LogP contribution in [0.25, 0.3) is 33.3 Å². The minimum atomic E-state index is -1.32. The number of aliphatic carboxylic acids is 3. The molecule has 6 rings (SSSR count). The van der Waals surface area contributed by atoms with Crippen molar-refractivity contribution in [2.75, 3.05) is 20.6 Å². The Morgan fingerprint density at radius 2 is 0.917 bits per heavy atom. The van der Waals surface area contributed by atoms with Crippen LogP contribution in [0.1, 0.15) is 26.2 Å². The van der Waals surface area contributed by atoms with Crippen molar-refractivity contribution in [1.29, 1.82) is 0 Å². The molecule has 314 valence electrons. The second kappa shape index (κ2) is 25.2. The molecule has 0 aliphatic rings. The van der Waals surface area contributed by atoms with Crippen molar-refractivity contribution in [3.63, 3.8) is 0 Å². The smallest absolute Gasteiger partial charge is 0.549 e. The van der Waals surface area contributed by atoms with Gasteiger partial charge in [0.1, 0.15) is 21.8 Å². The van der Waals surface area contributed by atoms with Crippen LogP contribution in [0.3, 0.4) is 0 Å². The van der Waals surface area contributed by atoms with Crippen molar-refractivity contribution in [3.05, 3.63) is 72.8 Å². The number of carboxylic acid groups (broad SMARTS) is 3. The summed E-state index contributed by atoms with van der Waals surface area (Å²) in [5.41, 5.74) is 3.68. The molecule has 3 unspecified atom stereocenters. The van der Waals surface area contributed by atoms with Gasteiger partial charge in [-0.05, 0) is 43.3 Å². The van der Waals surface area contributed by atoms with E-state index in [0.717, 1.165) is 35.3 Å². The number of nitrogens with one attached hydrogen (secondary N) is 3. The normalized spacial score (nSPS) is 11.8. The fourth-order valence-electron chi connectivity index (χ4n) is 4.57. The Morgan fingerprint density at radius 3 is 1.22 bits per heavy atom. The summed E-state index contributed by atoms with van der Waals surface area (Å²) in [6.07, 6.45) is -0.503. The number of para-hydroxylation sites is 6. The van der Waals surface area contributed by atoms with Crippen LogP contribution in [0.4, 0.5) is 0 Å². The average molecular weight is 935 g/mol. The molecule has 19 nitrogen and oxygen atoms in total. The zero-order valence-electron chi connectivity index (χ0n) is 32.4. The number of amides is 3. The fraction of sp³-hybridized carbons (Fsp3) is 0.270. The molecule has 0 saturated heterocycles.